The van der Waals surface area contributed by atoms with Crippen LogP contribution in [0.5, 0.6) is 0 Å². The van der Waals surface area contributed by atoms with Gasteiger partial charge in [-0.3, -0.25) is 0 Å². The Kier molecular flexibility index (Phi) is 4.35. The molecule has 0 aliphatic rings. The molecule has 0 saturated heterocycles. The third-order valence-corrected chi connectivity index (χ3v) is 3.57. The summed E-state index contributed by atoms with van der Waals surface area (Å²) in [5.74, 6) is 1.33. The molecule has 0 fully saturated rings. The number of rotatable bonds is 5. The maximum atomic E-state index is 10.7. The second kappa shape index (κ2) is 6.58. The van der Waals surface area contributed by atoms with Crippen molar-refractivity contribution in [3.8, 4) is 11.3 Å². The number of benzene rings is 2. The van der Waals surface area contributed by atoms with Crippen molar-refractivity contribution < 1.29 is 9.52 Å². The van der Waals surface area contributed by atoms with Crippen LogP contribution in [-0.4, -0.2) is 10.1 Å². The monoisotopic (exact) mass is 293 g/mol. The third kappa shape index (κ3) is 2.95. The molecule has 0 amide bonds. The molecule has 1 aromatic heterocycles. The first kappa shape index (κ1) is 14.5. The van der Waals surface area contributed by atoms with E-state index in [2.05, 4.69) is 11.9 Å². The molecule has 3 heteroatoms. The first-order valence-electron chi connectivity index (χ1n) is 7.57. The van der Waals surface area contributed by atoms with Crippen LogP contribution in [0.2, 0.25) is 0 Å². The summed E-state index contributed by atoms with van der Waals surface area (Å²) in [7, 11) is 0. The van der Waals surface area contributed by atoms with Gasteiger partial charge >= 0.3 is 0 Å². The predicted octanol–water partition coefficient (Wildman–Crippen LogP) is 4.38. The number of aromatic nitrogens is 1. The van der Waals surface area contributed by atoms with Crippen LogP contribution in [0.15, 0.2) is 65.1 Å². The van der Waals surface area contributed by atoms with E-state index in [0.29, 0.717) is 17.3 Å². The molecule has 1 heterocycles. The van der Waals surface area contributed by atoms with Gasteiger partial charge in [-0.25, -0.2) is 4.98 Å². The van der Waals surface area contributed by atoms with Crippen molar-refractivity contribution in [3.63, 3.8) is 0 Å². The van der Waals surface area contributed by atoms with E-state index in [-0.39, 0.29) is 0 Å². The number of oxazole rings is 1. The van der Waals surface area contributed by atoms with Crippen LogP contribution in [0, 0.1) is 0 Å². The maximum Gasteiger partial charge on any atom is 0.195 e. The highest BCUT2D eigenvalue weighted by molar-refractivity contribution is 5.61. The fourth-order valence-corrected chi connectivity index (χ4v) is 2.47. The zero-order valence-corrected chi connectivity index (χ0v) is 12.6. The van der Waals surface area contributed by atoms with Crippen molar-refractivity contribution in [2.24, 2.45) is 0 Å². The Morgan fingerprint density at radius 1 is 1.00 bits per heavy atom. The SMILES string of the molecule is CCCc1nc(C(O)c2ccccc2)c(-c2ccccc2)o1. The molecule has 22 heavy (non-hydrogen) atoms. The Balaban J connectivity index is 2.06. The zero-order chi connectivity index (χ0) is 15.4. The van der Waals surface area contributed by atoms with Gasteiger partial charge in [0.15, 0.2) is 11.7 Å². The highest BCUT2D eigenvalue weighted by Crippen LogP contribution is 2.32. The van der Waals surface area contributed by atoms with Gasteiger partial charge < -0.3 is 9.52 Å². The number of hydrogen-bond donors (Lipinski definition) is 1. The molecule has 0 bridgehead atoms. The van der Waals surface area contributed by atoms with Gasteiger partial charge in [0.2, 0.25) is 0 Å². The molecule has 0 saturated carbocycles. The third-order valence-electron chi connectivity index (χ3n) is 3.57. The Labute approximate surface area is 130 Å². The molecule has 1 atom stereocenters. The van der Waals surface area contributed by atoms with Crippen LogP contribution < -0.4 is 0 Å². The molecule has 0 aliphatic carbocycles. The van der Waals surface area contributed by atoms with Gasteiger partial charge in [0.05, 0.1) is 0 Å². The minimum atomic E-state index is -0.786. The Morgan fingerprint density at radius 2 is 1.64 bits per heavy atom. The molecule has 3 aromatic rings. The van der Waals surface area contributed by atoms with E-state index in [1.807, 2.05) is 60.7 Å². The van der Waals surface area contributed by atoms with Crippen LogP contribution in [0.3, 0.4) is 0 Å². The second-order valence-corrected chi connectivity index (χ2v) is 5.25. The Morgan fingerprint density at radius 3 is 2.27 bits per heavy atom. The average molecular weight is 293 g/mol. The summed E-state index contributed by atoms with van der Waals surface area (Å²) >= 11 is 0. The van der Waals surface area contributed by atoms with Crippen LogP contribution in [0.1, 0.15) is 36.6 Å². The van der Waals surface area contributed by atoms with E-state index < -0.39 is 6.10 Å². The normalized spacial score (nSPS) is 12.3. The summed E-state index contributed by atoms with van der Waals surface area (Å²) in [5.41, 5.74) is 2.33. The summed E-state index contributed by atoms with van der Waals surface area (Å²) in [6.07, 6.45) is 0.933. The van der Waals surface area contributed by atoms with E-state index in [0.717, 1.165) is 24.0 Å². The number of nitrogens with zero attached hydrogens (tertiary/aromatic N) is 1. The number of aliphatic hydroxyl groups is 1. The quantitative estimate of drug-likeness (QED) is 0.759. The predicted molar refractivity (Wildman–Crippen MR) is 86.4 cm³/mol. The van der Waals surface area contributed by atoms with Crippen molar-refractivity contribution in [1.82, 2.24) is 4.98 Å². The highest BCUT2D eigenvalue weighted by Gasteiger charge is 2.22. The molecular formula is C19H19NO2. The van der Waals surface area contributed by atoms with Crippen molar-refractivity contribution in [3.05, 3.63) is 77.8 Å². The van der Waals surface area contributed by atoms with Crippen molar-refractivity contribution in [1.29, 1.82) is 0 Å². The van der Waals surface area contributed by atoms with Crippen molar-refractivity contribution in [2.75, 3.05) is 0 Å². The fraction of sp³-hybridized carbons (Fsp3) is 0.211. The van der Waals surface area contributed by atoms with Crippen LogP contribution in [0.4, 0.5) is 0 Å². The molecular weight excluding hydrogens is 274 g/mol. The first-order valence-corrected chi connectivity index (χ1v) is 7.57. The van der Waals surface area contributed by atoms with Crippen LogP contribution in [0.25, 0.3) is 11.3 Å². The lowest BCUT2D eigenvalue weighted by Gasteiger charge is -2.09. The molecule has 2 aromatic carbocycles. The summed E-state index contributed by atoms with van der Waals surface area (Å²) < 4.78 is 5.91. The lowest BCUT2D eigenvalue weighted by molar-refractivity contribution is 0.216. The smallest absolute Gasteiger partial charge is 0.195 e. The average Bonchev–Trinajstić information content (AvgIpc) is 3.00. The number of aliphatic hydroxyl groups excluding tert-OH is 1. The second-order valence-electron chi connectivity index (χ2n) is 5.25. The highest BCUT2D eigenvalue weighted by atomic mass is 16.4. The van der Waals surface area contributed by atoms with Gasteiger partial charge in [-0.2, -0.15) is 0 Å². The van der Waals surface area contributed by atoms with Gasteiger partial charge in [-0.1, -0.05) is 67.6 Å². The number of hydrogen-bond acceptors (Lipinski definition) is 3. The first-order chi connectivity index (χ1) is 10.8. The number of aryl methyl sites for hydroxylation is 1. The van der Waals surface area contributed by atoms with Crippen molar-refractivity contribution >= 4 is 0 Å². The molecule has 1 unspecified atom stereocenters. The molecule has 0 radical (unpaired) electrons. The van der Waals surface area contributed by atoms with E-state index in [9.17, 15) is 5.11 Å². The van der Waals surface area contributed by atoms with E-state index in [1.165, 1.54) is 0 Å². The Bertz CT molecular complexity index is 720. The summed E-state index contributed by atoms with van der Waals surface area (Å²) in [6.45, 7) is 2.08. The Hall–Kier alpha value is -2.39. The van der Waals surface area contributed by atoms with E-state index in [1.54, 1.807) is 0 Å². The molecule has 1 N–H and O–H groups in total. The van der Waals surface area contributed by atoms with E-state index >= 15 is 0 Å². The zero-order valence-electron chi connectivity index (χ0n) is 12.6. The summed E-state index contributed by atoms with van der Waals surface area (Å²) in [6, 6.07) is 19.4. The minimum absolute atomic E-state index is 0.584. The van der Waals surface area contributed by atoms with Gasteiger partial charge in [0, 0.05) is 12.0 Å². The molecule has 3 nitrogen and oxygen atoms in total. The molecule has 3 rings (SSSR count). The molecule has 112 valence electrons. The molecule has 0 spiro atoms. The fourth-order valence-electron chi connectivity index (χ4n) is 2.47. The maximum absolute atomic E-state index is 10.7. The minimum Gasteiger partial charge on any atom is -0.440 e. The van der Waals surface area contributed by atoms with Crippen molar-refractivity contribution in [2.45, 2.75) is 25.9 Å². The standard InChI is InChI=1S/C19H19NO2/c1-2-9-16-20-17(18(21)14-10-5-3-6-11-14)19(22-16)15-12-7-4-8-13-15/h3-8,10-13,18,21H,2,9H2,1H3. The van der Waals surface area contributed by atoms with E-state index in [4.69, 9.17) is 4.42 Å². The largest absolute Gasteiger partial charge is 0.440 e. The van der Waals surface area contributed by atoms with Crippen LogP contribution >= 0.6 is 0 Å². The summed E-state index contributed by atoms with van der Waals surface area (Å²) in [5, 5.41) is 10.7. The van der Waals surface area contributed by atoms with Crippen LogP contribution in [-0.2, 0) is 6.42 Å². The molecule has 0 aliphatic heterocycles. The van der Waals surface area contributed by atoms with Gasteiger partial charge in [-0.05, 0) is 12.0 Å². The van der Waals surface area contributed by atoms with Gasteiger partial charge in [0.25, 0.3) is 0 Å². The lowest BCUT2D eigenvalue weighted by atomic mass is 10.0. The topological polar surface area (TPSA) is 46.3 Å². The van der Waals surface area contributed by atoms with Gasteiger partial charge in [-0.15, -0.1) is 0 Å². The van der Waals surface area contributed by atoms with Gasteiger partial charge in [0.1, 0.15) is 11.8 Å². The summed E-state index contributed by atoms with van der Waals surface area (Å²) in [4.78, 5) is 4.54. The lowest BCUT2D eigenvalue weighted by Crippen LogP contribution is -2.02.